The third-order valence-corrected chi connectivity index (χ3v) is 2.91. The molecule has 3 aromatic heterocycles. The SMILES string of the molecule is Clc1ccc(C=Cc2c[nH]c3ncccc23)cn1. The van der Waals surface area contributed by atoms with Crippen molar-refractivity contribution in [1.29, 1.82) is 0 Å². The van der Waals surface area contributed by atoms with Crippen LogP contribution in [0.4, 0.5) is 0 Å². The molecule has 0 aliphatic heterocycles. The smallest absolute Gasteiger partial charge is 0.137 e. The molecule has 3 nitrogen and oxygen atoms in total. The van der Waals surface area contributed by atoms with E-state index in [1.807, 2.05) is 36.5 Å². The summed E-state index contributed by atoms with van der Waals surface area (Å²) in [6.07, 6.45) is 9.49. The molecule has 0 fully saturated rings. The summed E-state index contributed by atoms with van der Waals surface area (Å²) in [4.78, 5) is 11.4. The number of halogens is 1. The second kappa shape index (κ2) is 4.63. The number of nitrogens with zero attached hydrogens (tertiary/aromatic N) is 2. The average Bonchev–Trinajstić information content (AvgIpc) is 2.82. The topological polar surface area (TPSA) is 41.6 Å². The predicted octanol–water partition coefficient (Wildman–Crippen LogP) is 3.78. The van der Waals surface area contributed by atoms with Gasteiger partial charge >= 0.3 is 0 Å². The highest BCUT2D eigenvalue weighted by atomic mass is 35.5. The van der Waals surface area contributed by atoms with Crippen molar-refractivity contribution in [2.75, 3.05) is 0 Å². The van der Waals surface area contributed by atoms with Crippen molar-refractivity contribution in [2.24, 2.45) is 0 Å². The molecule has 0 radical (unpaired) electrons. The Morgan fingerprint density at radius 2 is 2.06 bits per heavy atom. The number of aromatic amines is 1. The lowest BCUT2D eigenvalue weighted by Gasteiger charge is -1.93. The summed E-state index contributed by atoms with van der Waals surface area (Å²) in [7, 11) is 0. The second-order valence-electron chi connectivity index (χ2n) is 3.89. The van der Waals surface area contributed by atoms with Crippen LogP contribution in [0.25, 0.3) is 23.2 Å². The summed E-state index contributed by atoms with van der Waals surface area (Å²) in [5, 5.41) is 1.61. The van der Waals surface area contributed by atoms with Gasteiger partial charge in [0.2, 0.25) is 0 Å². The number of nitrogens with one attached hydrogen (secondary N) is 1. The average molecular weight is 256 g/mol. The Morgan fingerprint density at radius 3 is 2.89 bits per heavy atom. The van der Waals surface area contributed by atoms with E-state index in [1.165, 1.54) is 0 Å². The molecule has 88 valence electrons. The van der Waals surface area contributed by atoms with Gasteiger partial charge in [-0.15, -0.1) is 0 Å². The van der Waals surface area contributed by atoms with Gasteiger partial charge in [0.05, 0.1) is 0 Å². The lowest BCUT2D eigenvalue weighted by Crippen LogP contribution is -1.76. The molecule has 1 N–H and O–H groups in total. The fourth-order valence-electron chi connectivity index (χ4n) is 1.79. The summed E-state index contributed by atoms with van der Waals surface area (Å²) < 4.78 is 0. The number of hydrogen-bond donors (Lipinski definition) is 1. The molecule has 0 amide bonds. The van der Waals surface area contributed by atoms with Gasteiger partial charge in [0.15, 0.2) is 0 Å². The van der Waals surface area contributed by atoms with E-state index >= 15 is 0 Å². The highest BCUT2D eigenvalue weighted by Crippen LogP contribution is 2.18. The van der Waals surface area contributed by atoms with Gasteiger partial charge in [0.1, 0.15) is 10.8 Å². The van der Waals surface area contributed by atoms with Crippen LogP contribution >= 0.6 is 11.6 Å². The van der Waals surface area contributed by atoms with E-state index in [0.29, 0.717) is 5.15 Å². The van der Waals surface area contributed by atoms with E-state index in [0.717, 1.165) is 22.2 Å². The Balaban J connectivity index is 1.94. The van der Waals surface area contributed by atoms with Gasteiger partial charge in [-0.25, -0.2) is 9.97 Å². The highest BCUT2D eigenvalue weighted by Gasteiger charge is 1.99. The zero-order chi connectivity index (χ0) is 12.4. The Morgan fingerprint density at radius 1 is 1.11 bits per heavy atom. The maximum absolute atomic E-state index is 5.74. The van der Waals surface area contributed by atoms with Crippen LogP contribution in [-0.4, -0.2) is 15.0 Å². The van der Waals surface area contributed by atoms with Crippen molar-refractivity contribution in [3.8, 4) is 0 Å². The predicted molar refractivity (Wildman–Crippen MR) is 74.3 cm³/mol. The molecule has 0 saturated carbocycles. The number of aromatic nitrogens is 3. The van der Waals surface area contributed by atoms with Crippen molar-refractivity contribution >= 4 is 34.8 Å². The second-order valence-corrected chi connectivity index (χ2v) is 4.28. The fourth-order valence-corrected chi connectivity index (χ4v) is 1.90. The molecule has 0 aromatic carbocycles. The Bertz CT molecular complexity index is 698. The molecule has 3 rings (SSSR count). The van der Waals surface area contributed by atoms with E-state index in [9.17, 15) is 0 Å². The van der Waals surface area contributed by atoms with Crippen LogP contribution in [0.3, 0.4) is 0 Å². The number of fused-ring (bicyclic) bond motifs is 1. The molecular weight excluding hydrogens is 246 g/mol. The Kier molecular flexibility index (Phi) is 2.82. The lowest BCUT2D eigenvalue weighted by molar-refractivity contribution is 1.32. The molecule has 0 saturated heterocycles. The molecule has 0 bridgehead atoms. The highest BCUT2D eigenvalue weighted by molar-refractivity contribution is 6.29. The van der Waals surface area contributed by atoms with Crippen molar-refractivity contribution in [2.45, 2.75) is 0 Å². The largest absolute Gasteiger partial charge is 0.346 e. The van der Waals surface area contributed by atoms with Crippen LogP contribution in [0.15, 0.2) is 42.9 Å². The molecule has 0 unspecified atom stereocenters. The first-order valence-corrected chi connectivity index (χ1v) is 5.92. The van der Waals surface area contributed by atoms with Crippen LogP contribution in [0.1, 0.15) is 11.1 Å². The summed E-state index contributed by atoms with van der Waals surface area (Å²) in [5.41, 5.74) is 3.01. The van der Waals surface area contributed by atoms with Crippen LogP contribution < -0.4 is 0 Å². The lowest BCUT2D eigenvalue weighted by atomic mass is 10.2. The van der Waals surface area contributed by atoms with Crippen LogP contribution in [-0.2, 0) is 0 Å². The quantitative estimate of drug-likeness (QED) is 0.708. The third-order valence-electron chi connectivity index (χ3n) is 2.69. The molecule has 18 heavy (non-hydrogen) atoms. The molecular formula is C14H10ClN3. The van der Waals surface area contributed by atoms with Gasteiger partial charge in [-0.1, -0.05) is 29.8 Å². The Labute approximate surface area is 109 Å². The summed E-state index contributed by atoms with van der Waals surface area (Å²) in [6.45, 7) is 0. The molecule has 0 spiro atoms. The van der Waals surface area contributed by atoms with E-state index in [2.05, 4.69) is 15.0 Å². The Hall–Kier alpha value is -2.13. The third kappa shape index (κ3) is 2.13. The molecule has 0 aliphatic carbocycles. The first-order chi connectivity index (χ1) is 8.83. The van der Waals surface area contributed by atoms with Gasteiger partial charge in [0, 0.05) is 29.5 Å². The van der Waals surface area contributed by atoms with E-state index in [4.69, 9.17) is 11.6 Å². The monoisotopic (exact) mass is 255 g/mol. The minimum atomic E-state index is 0.503. The molecule has 3 heterocycles. The zero-order valence-corrected chi connectivity index (χ0v) is 10.2. The van der Waals surface area contributed by atoms with Gasteiger partial charge in [-0.05, 0) is 23.8 Å². The van der Waals surface area contributed by atoms with Crippen LogP contribution in [0.5, 0.6) is 0 Å². The van der Waals surface area contributed by atoms with Crippen molar-refractivity contribution in [3.63, 3.8) is 0 Å². The maximum Gasteiger partial charge on any atom is 0.137 e. The van der Waals surface area contributed by atoms with E-state index in [1.54, 1.807) is 18.5 Å². The van der Waals surface area contributed by atoms with Crippen molar-refractivity contribution in [1.82, 2.24) is 15.0 Å². The number of H-pyrrole nitrogens is 1. The number of hydrogen-bond acceptors (Lipinski definition) is 2. The normalized spacial score (nSPS) is 11.4. The van der Waals surface area contributed by atoms with Gasteiger partial charge < -0.3 is 4.98 Å². The minimum absolute atomic E-state index is 0.503. The van der Waals surface area contributed by atoms with Gasteiger partial charge in [-0.3, -0.25) is 0 Å². The molecule has 4 heteroatoms. The van der Waals surface area contributed by atoms with Crippen LogP contribution in [0.2, 0.25) is 5.15 Å². The van der Waals surface area contributed by atoms with Crippen molar-refractivity contribution < 1.29 is 0 Å². The molecule has 0 atom stereocenters. The summed E-state index contributed by atoms with van der Waals surface area (Å²) in [6, 6.07) is 7.67. The number of rotatable bonds is 2. The first-order valence-electron chi connectivity index (χ1n) is 5.55. The molecule has 3 aromatic rings. The standard InChI is InChI=1S/C14H10ClN3/c15-13-6-4-10(8-17-13)3-5-11-9-18-14-12(11)2-1-7-16-14/h1-9H,(H,16,18). The van der Waals surface area contributed by atoms with Gasteiger partial charge in [-0.2, -0.15) is 0 Å². The van der Waals surface area contributed by atoms with Crippen molar-refractivity contribution in [3.05, 3.63) is 59.1 Å². The minimum Gasteiger partial charge on any atom is -0.346 e. The first kappa shape index (κ1) is 11.0. The molecule has 0 aliphatic rings. The van der Waals surface area contributed by atoms with Crippen LogP contribution in [0, 0.1) is 0 Å². The van der Waals surface area contributed by atoms with E-state index in [-0.39, 0.29) is 0 Å². The van der Waals surface area contributed by atoms with E-state index < -0.39 is 0 Å². The maximum atomic E-state index is 5.74. The zero-order valence-electron chi connectivity index (χ0n) is 9.47. The van der Waals surface area contributed by atoms with Gasteiger partial charge in [0.25, 0.3) is 0 Å². The summed E-state index contributed by atoms with van der Waals surface area (Å²) in [5.74, 6) is 0. The summed E-state index contributed by atoms with van der Waals surface area (Å²) >= 11 is 5.74. The number of pyridine rings is 2. The fraction of sp³-hybridized carbons (Fsp3) is 0.